The van der Waals surface area contributed by atoms with Crippen molar-refractivity contribution in [2.24, 2.45) is 5.92 Å². The zero-order valence-electron chi connectivity index (χ0n) is 17.9. The van der Waals surface area contributed by atoms with Crippen LogP contribution >= 0.6 is 0 Å². The van der Waals surface area contributed by atoms with Gasteiger partial charge < -0.3 is 14.4 Å². The van der Waals surface area contributed by atoms with Crippen LogP contribution < -0.4 is 4.74 Å². The average Bonchev–Trinajstić information content (AvgIpc) is 3.03. The lowest BCUT2D eigenvalue weighted by atomic mass is 9.83. The Hall–Kier alpha value is -2.82. The van der Waals surface area contributed by atoms with Crippen LogP contribution in [0, 0.1) is 19.8 Å². The summed E-state index contributed by atoms with van der Waals surface area (Å²) in [4.78, 5) is 27.9. The number of benzene rings is 2. The molecule has 1 amide bonds. The van der Waals surface area contributed by atoms with E-state index >= 15 is 0 Å². The van der Waals surface area contributed by atoms with E-state index in [2.05, 4.69) is 0 Å². The minimum absolute atomic E-state index is 0.0489. The van der Waals surface area contributed by atoms with E-state index in [9.17, 15) is 9.59 Å². The second-order valence-corrected chi connectivity index (χ2v) is 8.50. The Labute approximate surface area is 178 Å². The summed E-state index contributed by atoms with van der Waals surface area (Å²) in [5.74, 6) is 0.944. The summed E-state index contributed by atoms with van der Waals surface area (Å²) in [7, 11) is 1.65. The zero-order valence-corrected chi connectivity index (χ0v) is 17.9. The van der Waals surface area contributed by atoms with Crippen molar-refractivity contribution < 1.29 is 19.1 Å². The van der Waals surface area contributed by atoms with Crippen LogP contribution in [0.3, 0.4) is 0 Å². The summed E-state index contributed by atoms with van der Waals surface area (Å²) < 4.78 is 11.0. The first kappa shape index (κ1) is 20.5. The highest BCUT2D eigenvalue weighted by atomic mass is 16.6. The van der Waals surface area contributed by atoms with E-state index in [-0.39, 0.29) is 36.5 Å². The molecule has 2 atom stereocenters. The number of rotatable bonds is 5. The molecule has 0 radical (unpaired) electrons. The molecule has 2 heterocycles. The van der Waals surface area contributed by atoms with Gasteiger partial charge in [0.15, 0.2) is 5.78 Å². The summed E-state index contributed by atoms with van der Waals surface area (Å²) in [5, 5.41) is 0. The Morgan fingerprint density at radius 2 is 1.67 bits per heavy atom. The number of piperidine rings is 1. The van der Waals surface area contributed by atoms with E-state index in [1.165, 1.54) is 0 Å². The minimum atomic E-state index is -0.256. The van der Waals surface area contributed by atoms with Crippen molar-refractivity contribution in [3.05, 3.63) is 64.7 Å². The Bertz CT molecular complexity index is 926. The molecule has 0 spiro atoms. The molecule has 2 fully saturated rings. The maximum atomic E-state index is 13.3. The van der Waals surface area contributed by atoms with E-state index < -0.39 is 0 Å². The standard InChI is InChI=1S/C25H29NO4/c1-16-12-23(29-3)17(2)11-22(16)24(27)19-13-20-9-10-21(14-19)26(20)25(28)30-15-18-7-5-4-6-8-18/h4-8,11-12,19-21H,9-10,13-15H2,1-3H3. The zero-order chi connectivity index (χ0) is 21.3. The number of hydrogen-bond donors (Lipinski definition) is 0. The van der Waals surface area contributed by atoms with Crippen LogP contribution in [0.25, 0.3) is 0 Å². The normalized spacial score (nSPS) is 22.6. The molecule has 2 saturated heterocycles. The molecule has 5 heteroatoms. The molecule has 2 aliphatic heterocycles. The highest BCUT2D eigenvalue weighted by molar-refractivity contribution is 5.99. The van der Waals surface area contributed by atoms with Crippen molar-refractivity contribution in [3.8, 4) is 5.75 Å². The maximum Gasteiger partial charge on any atom is 0.410 e. The SMILES string of the molecule is COc1cc(C)c(C(=O)C2CC3CCC(C2)N3C(=O)OCc2ccccc2)cc1C. The van der Waals surface area contributed by atoms with Crippen LogP contribution in [0.4, 0.5) is 4.79 Å². The fourth-order valence-corrected chi connectivity index (χ4v) is 4.98. The van der Waals surface area contributed by atoms with Crippen LogP contribution in [0.15, 0.2) is 42.5 Å². The molecule has 0 saturated carbocycles. The summed E-state index contributed by atoms with van der Waals surface area (Å²) in [6, 6.07) is 13.8. The van der Waals surface area contributed by atoms with Gasteiger partial charge in [-0.1, -0.05) is 30.3 Å². The molecule has 2 unspecified atom stereocenters. The fourth-order valence-electron chi connectivity index (χ4n) is 4.98. The van der Waals surface area contributed by atoms with Crippen LogP contribution in [0.5, 0.6) is 5.75 Å². The lowest BCUT2D eigenvalue weighted by Crippen LogP contribution is -2.48. The third-order valence-electron chi connectivity index (χ3n) is 6.53. The molecule has 4 rings (SSSR count). The van der Waals surface area contributed by atoms with Gasteiger partial charge in [-0.15, -0.1) is 0 Å². The molecule has 5 nitrogen and oxygen atoms in total. The molecular weight excluding hydrogens is 378 g/mol. The van der Waals surface area contributed by atoms with E-state index in [0.717, 1.165) is 40.8 Å². The molecule has 30 heavy (non-hydrogen) atoms. The third-order valence-corrected chi connectivity index (χ3v) is 6.53. The first-order valence-electron chi connectivity index (χ1n) is 10.7. The Kier molecular flexibility index (Phi) is 5.80. The monoisotopic (exact) mass is 407 g/mol. The summed E-state index contributed by atoms with van der Waals surface area (Å²) in [6.45, 7) is 4.20. The van der Waals surface area contributed by atoms with Gasteiger partial charge >= 0.3 is 6.09 Å². The third kappa shape index (κ3) is 3.93. The van der Waals surface area contributed by atoms with Gasteiger partial charge in [0.25, 0.3) is 0 Å². The molecule has 2 aromatic carbocycles. The number of ether oxygens (including phenoxy) is 2. The summed E-state index contributed by atoms with van der Waals surface area (Å²) >= 11 is 0. The second kappa shape index (κ2) is 8.50. The van der Waals surface area contributed by atoms with Crippen molar-refractivity contribution in [1.29, 1.82) is 0 Å². The Morgan fingerprint density at radius 1 is 1.00 bits per heavy atom. The number of methoxy groups -OCH3 is 1. The van der Waals surface area contributed by atoms with Gasteiger partial charge in [-0.05, 0) is 68.4 Å². The van der Waals surface area contributed by atoms with Crippen LogP contribution in [-0.2, 0) is 11.3 Å². The van der Waals surface area contributed by atoms with Crippen molar-refractivity contribution >= 4 is 11.9 Å². The first-order valence-corrected chi connectivity index (χ1v) is 10.7. The van der Waals surface area contributed by atoms with Gasteiger partial charge in [0.1, 0.15) is 12.4 Å². The highest BCUT2D eigenvalue weighted by Crippen LogP contribution is 2.41. The van der Waals surface area contributed by atoms with E-state index in [0.29, 0.717) is 12.8 Å². The second-order valence-electron chi connectivity index (χ2n) is 8.50. The largest absolute Gasteiger partial charge is 0.496 e. The Balaban J connectivity index is 1.43. The van der Waals surface area contributed by atoms with Crippen LogP contribution in [0.2, 0.25) is 0 Å². The number of nitrogens with zero attached hydrogens (tertiary/aromatic N) is 1. The van der Waals surface area contributed by atoms with Crippen molar-refractivity contribution in [1.82, 2.24) is 4.90 Å². The Morgan fingerprint density at radius 3 is 2.30 bits per heavy atom. The molecule has 0 N–H and O–H groups in total. The average molecular weight is 408 g/mol. The lowest BCUT2D eigenvalue weighted by molar-refractivity contribution is 0.0485. The molecule has 0 aliphatic carbocycles. The number of carbonyl (C=O) groups excluding carboxylic acids is 2. The quantitative estimate of drug-likeness (QED) is 0.649. The first-order chi connectivity index (χ1) is 14.5. The lowest BCUT2D eigenvalue weighted by Gasteiger charge is -2.37. The molecule has 2 aromatic rings. The minimum Gasteiger partial charge on any atom is -0.496 e. The van der Waals surface area contributed by atoms with Gasteiger partial charge in [-0.2, -0.15) is 0 Å². The van der Waals surface area contributed by atoms with Gasteiger partial charge in [-0.3, -0.25) is 4.79 Å². The number of Topliss-reactive ketones (excluding diaryl/α,β-unsaturated/α-hetero) is 1. The van der Waals surface area contributed by atoms with Crippen molar-refractivity contribution in [2.45, 2.75) is 58.2 Å². The van der Waals surface area contributed by atoms with Crippen LogP contribution in [-0.4, -0.2) is 36.0 Å². The topological polar surface area (TPSA) is 55.8 Å². The highest BCUT2D eigenvalue weighted by Gasteiger charge is 2.46. The fraction of sp³-hybridized carbons (Fsp3) is 0.440. The number of amides is 1. The number of ketones is 1. The number of aryl methyl sites for hydroxylation is 2. The van der Waals surface area contributed by atoms with Gasteiger partial charge in [0.05, 0.1) is 7.11 Å². The number of carbonyl (C=O) groups is 2. The number of fused-ring (bicyclic) bond motifs is 2. The number of hydrogen-bond acceptors (Lipinski definition) is 4. The van der Waals surface area contributed by atoms with E-state index in [1.807, 2.05) is 61.2 Å². The van der Waals surface area contributed by atoms with Crippen molar-refractivity contribution in [2.75, 3.05) is 7.11 Å². The summed E-state index contributed by atoms with van der Waals surface area (Å²) in [6.07, 6.45) is 3.04. The predicted octanol–water partition coefficient (Wildman–Crippen LogP) is 5.07. The predicted molar refractivity (Wildman–Crippen MR) is 115 cm³/mol. The smallest absolute Gasteiger partial charge is 0.410 e. The van der Waals surface area contributed by atoms with Gasteiger partial charge in [0.2, 0.25) is 0 Å². The van der Waals surface area contributed by atoms with Gasteiger partial charge in [-0.25, -0.2) is 4.79 Å². The molecule has 2 aliphatic rings. The van der Waals surface area contributed by atoms with E-state index in [4.69, 9.17) is 9.47 Å². The molecule has 158 valence electrons. The van der Waals surface area contributed by atoms with Gasteiger partial charge in [0, 0.05) is 23.6 Å². The maximum absolute atomic E-state index is 13.3. The summed E-state index contributed by atoms with van der Waals surface area (Å²) in [5.41, 5.74) is 3.67. The molecule has 2 bridgehead atoms. The van der Waals surface area contributed by atoms with Crippen LogP contribution in [0.1, 0.15) is 52.7 Å². The molecule has 0 aromatic heterocycles. The molecular formula is C25H29NO4. The van der Waals surface area contributed by atoms with Crippen molar-refractivity contribution in [3.63, 3.8) is 0 Å². The van der Waals surface area contributed by atoms with E-state index in [1.54, 1.807) is 7.11 Å².